The third-order valence-corrected chi connectivity index (χ3v) is 5.47. The fraction of sp³-hybridized carbons (Fsp3) is 0.250. The van der Waals surface area contributed by atoms with Gasteiger partial charge in [0.15, 0.2) is 0 Å². The van der Waals surface area contributed by atoms with Crippen molar-refractivity contribution >= 4 is 11.3 Å². The fourth-order valence-electron chi connectivity index (χ4n) is 2.69. The highest BCUT2D eigenvalue weighted by molar-refractivity contribution is 7.10. The van der Waals surface area contributed by atoms with E-state index in [1.54, 1.807) is 11.3 Å². The average Bonchev–Trinajstić information content (AvgIpc) is 3.40. The third kappa shape index (κ3) is 5.17. The highest BCUT2D eigenvalue weighted by atomic mass is 32.1. The smallest absolute Gasteiger partial charge is 0.0958 e. The highest BCUT2D eigenvalue weighted by Crippen LogP contribution is 2.25. The molecule has 0 saturated carbocycles. The van der Waals surface area contributed by atoms with Crippen LogP contribution in [0.2, 0.25) is 0 Å². The molecule has 4 aromatic rings. The summed E-state index contributed by atoms with van der Waals surface area (Å²) in [4.78, 5) is 4.60. The summed E-state index contributed by atoms with van der Waals surface area (Å²) in [7, 11) is 0. The zero-order valence-corrected chi connectivity index (χ0v) is 17.7. The van der Waals surface area contributed by atoms with Crippen LogP contribution in [0.3, 0.4) is 0 Å². The molecule has 4 heteroatoms. The van der Waals surface area contributed by atoms with Gasteiger partial charge >= 0.3 is 0 Å². The van der Waals surface area contributed by atoms with Crippen LogP contribution in [0.1, 0.15) is 44.7 Å². The van der Waals surface area contributed by atoms with E-state index in [0.29, 0.717) is 12.0 Å². The van der Waals surface area contributed by atoms with Crippen molar-refractivity contribution in [2.75, 3.05) is 0 Å². The lowest BCUT2D eigenvalue weighted by Gasteiger charge is -2.02. The van der Waals surface area contributed by atoms with Gasteiger partial charge in [-0.15, -0.1) is 11.3 Å². The summed E-state index contributed by atoms with van der Waals surface area (Å²) in [6.45, 7) is 8.60. The van der Waals surface area contributed by atoms with E-state index in [2.05, 4.69) is 73.6 Å². The van der Waals surface area contributed by atoms with E-state index >= 15 is 0 Å². The lowest BCUT2D eigenvalue weighted by molar-refractivity contribution is 0.532. The van der Waals surface area contributed by atoms with Gasteiger partial charge in [-0.1, -0.05) is 74.5 Å². The second-order valence-corrected chi connectivity index (χ2v) is 8.15. The lowest BCUT2D eigenvalue weighted by Crippen LogP contribution is -1.99. The first-order chi connectivity index (χ1) is 13.5. The Morgan fingerprint density at radius 3 is 1.89 bits per heavy atom. The van der Waals surface area contributed by atoms with Crippen LogP contribution < -0.4 is 0 Å². The minimum Gasteiger partial charge on any atom is -0.270 e. The molecule has 3 nitrogen and oxygen atoms in total. The highest BCUT2D eigenvalue weighted by Gasteiger charge is 2.06. The van der Waals surface area contributed by atoms with E-state index in [-0.39, 0.29) is 0 Å². The molecule has 28 heavy (non-hydrogen) atoms. The van der Waals surface area contributed by atoms with E-state index in [1.807, 2.05) is 47.3 Å². The molecule has 0 amide bonds. The summed E-state index contributed by atoms with van der Waals surface area (Å²) in [6, 6.07) is 21.0. The molecule has 4 rings (SSSR count). The van der Waals surface area contributed by atoms with Crippen LogP contribution in [-0.4, -0.2) is 14.8 Å². The van der Waals surface area contributed by atoms with Gasteiger partial charge in [0.1, 0.15) is 0 Å². The van der Waals surface area contributed by atoms with Crippen molar-refractivity contribution in [1.29, 1.82) is 0 Å². The second kappa shape index (κ2) is 9.47. The molecule has 0 unspecified atom stereocenters. The molecule has 2 heterocycles. The average molecular weight is 390 g/mol. The predicted octanol–water partition coefficient (Wildman–Crippen LogP) is 7.06. The molecule has 2 aromatic heterocycles. The van der Waals surface area contributed by atoms with Gasteiger partial charge in [0.2, 0.25) is 0 Å². The summed E-state index contributed by atoms with van der Waals surface area (Å²) in [5, 5.41) is 7.65. The number of nitrogens with zero attached hydrogens (tertiary/aromatic N) is 3. The van der Waals surface area contributed by atoms with Crippen molar-refractivity contribution in [2.24, 2.45) is 0 Å². The summed E-state index contributed by atoms with van der Waals surface area (Å²) in [5.74, 6) is 0.525. The molecule has 0 N–H and O–H groups in total. The van der Waals surface area contributed by atoms with Crippen LogP contribution in [0, 0.1) is 0 Å². The number of hydrogen-bond donors (Lipinski definition) is 0. The Morgan fingerprint density at radius 2 is 1.39 bits per heavy atom. The van der Waals surface area contributed by atoms with Gasteiger partial charge in [-0.05, 0) is 19.4 Å². The van der Waals surface area contributed by atoms with Crippen LogP contribution in [0.25, 0.3) is 22.4 Å². The molecule has 0 bridgehead atoms. The third-order valence-electron chi connectivity index (χ3n) is 4.32. The maximum atomic E-state index is 4.60. The zero-order chi connectivity index (χ0) is 19.9. The molecular weight excluding hydrogens is 362 g/mol. The first-order valence-electron chi connectivity index (χ1n) is 9.65. The second-order valence-electron chi connectivity index (χ2n) is 7.26. The van der Waals surface area contributed by atoms with Crippen LogP contribution in [0.5, 0.6) is 0 Å². The van der Waals surface area contributed by atoms with Gasteiger partial charge < -0.3 is 0 Å². The number of aromatic nitrogens is 3. The van der Waals surface area contributed by atoms with Crippen molar-refractivity contribution in [2.45, 2.75) is 39.7 Å². The first-order valence-corrected chi connectivity index (χ1v) is 10.5. The van der Waals surface area contributed by atoms with Gasteiger partial charge in [-0.3, -0.25) is 4.68 Å². The van der Waals surface area contributed by atoms with Crippen molar-refractivity contribution in [3.8, 4) is 22.4 Å². The van der Waals surface area contributed by atoms with Crippen LogP contribution in [-0.2, 0) is 0 Å². The first kappa shape index (κ1) is 20.0. The van der Waals surface area contributed by atoms with Gasteiger partial charge in [-0.2, -0.15) is 5.10 Å². The number of hydrogen-bond acceptors (Lipinski definition) is 3. The summed E-state index contributed by atoms with van der Waals surface area (Å²) >= 11 is 1.74. The topological polar surface area (TPSA) is 30.7 Å². The molecule has 0 aliphatic heterocycles. The molecule has 0 spiro atoms. The normalized spacial score (nSPS) is 10.8. The van der Waals surface area contributed by atoms with Crippen molar-refractivity contribution < 1.29 is 0 Å². The van der Waals surface area contributed by atoms with Crippen molar-refractivity contribution in [1.82, 2.24) is 14.8 Å². The number of thiazole rings is 1. The van der Waals surface area contributed by atoms with Gasteiger partial charge in [0, 0.05) is 34.7 Å². The predicted molar refractivity (Wildman–Crippen MR) is 120 cm³/mol. The van der Waals surface area contributed by atoms with E-state index in [1.165, 1.54) is 21.7 Å². The van der Waals surface area contributed by atoms with Gasteiger partial charge in [-0.25, -0.2) is 4.98 Å². The van der Waals surface area contributed by atoms with Crippen LogP contribution >= 0.6 is 11.3 Å². The largest absolute Gasteiger partial charge is 0.270 e. The Hall–Kier alpha value is -2.72. The molecule has 0 atom stereocenters. The van der Waals surface area contributed by atoms with E-state index in [0.717, 1.165) is 5.69 Å². The SMILES string of the molecule is CC(C)c1nc(-c2ccccc2)cs1.CC(C)n1cc(-c2ccccc2)cn1. The Bertz CT molecular complexity index is 888. The molecule has 0 radical (unpaired) electrons. The maximum Gasteiger partial charge on any atom is 0.0958 e. The standard InChI is InChI=1S/C12H14N2.C12H13NS/c1-10(2)14-9-12(8-13-14)11-6-4-3-5-7-11;1-9(2)12-13-11(8-14-12)10-6-4-3-5-7-10/h3-10H,1-2H3;3-9H,1-2H3. The molecule has 0 fully saturated rings. The molecule has 0 aliphatic rings. The van der Waals surface area contributed by atoms with Crippen molar-refractivity contribution in [3.63, 3.8) is 0 Å². The van der Waals surface area contributed by atoms with E-state index in [4.69, 9.17) is 0 Å². The summed E-state index contributed by atoms with van der Waals surface area (Å²) in [6.07, 6.45) is 4.00. The zero-order valence-electron chi connectivity index (χ0n) is 16.9. The van der Waals surface area contributed by atoms with Crippen LogP contribution in [0.15, 0.2) is 78.4 Å². The number of benzene rings is 2. The molecular formula is C24H27N3S. The molecule has 0 aliphatic carbocycles. The quantitative estimate of drug-likeness (QED) is 0.374. The maximum absolute atomic E-state index is 4.60. The summed E-state index contributed by atoms with van der Waals surface area (Å²) in [5.41, 5.74) is 4.70. The minimum atomic E-state index is 0.424. The Labute approximate surface area is 171 Å². The van der Waals surface area contributed by atoms with Gasteiger partial charge in [0.25, 0.3) is 0 Å². The minimum absolute atomic E-state index is 0.424. The number of rotatable bonds is 4. The van der Waals surface area contributed by atoms with Crippen LogP contribution in [0.4, 0.5) is 0 Å². The molecule has 2 aromatic carbocycles. The Balaban J connectivity index is 0.000000161. The fourth-order valence-corrected chi connectivity index (χ4v) is 3.54. The van der Waals surface area contributed by atoms with E-state index < -0.39 is 0 Å². The Morgan fingerprint density at radius 1 is 0.786 bits per heavy atom. The van der Waals surface area contributed by atoms with Crippen molar-refractivity contribution in [3.05, 3.63) is 83.4 Å². The monoisotopic (exact) mass is 389 g/mol. The Kier molecular flexibility index (Phi) is 6.77. The molecule has 0 saturated heterocycles. The lowest BCUT2D eigenvalue weighted by atomic mass is 10.1. The van der Waals surface area contributed by atoms with E-state index in [9.17, 15) is 0 Å². The van der Waals surface area contributed by atoms with Gasteiger partial charge in [0.05, 0.1) is 16.9 Å². The summed E-state index contributed by atoms with van der Waals surface area (Å²) < 4.78 is 1.97. The molecule has 144 valence electrons.